The minimum Gasteiger partial charge on any atom is -0.462 e. The van der Waals surface area contributed by atoms with Gasteiger partial charge in [0.25, 0.3) is 0 Å². The van der Waals surface area contributed by atoms with Crippen molar-refractivity contribution in [2.24, 2.45) is 7.05 Å². The van der Waals surface area contributed by atoms with Crippen LogP contribution in [0.1, 0.15) is 42.1 Å². The third kappa shape index (κ3) is 2.28. The van der Waals surface area contributed by atoms with Crippen molar-refractivity contribution >= 4 is 17.3 Å². The predicted molar refractivity (Wildman–Crippen MR) is 59.2 cm³/mol. The molecule has 84 valence electrons. The highest BCUT2D eigenvalue weighted by atomic mass is 32.1. The van der Waals surface area contributed by atoms with Crippen molar-refractivity contribution in [3.05, 3.63) is 15.4 Å². The van der Waals surface area contributed by atoms with Crippen LogP contribution >= 0.6 is 11.3 Å². The van der Waals surface area contributed by atoms with E-state index in [0.29, 0.717) is 16.3 Å². The summed E-state index contributed by atoms with van der Waals surface area (Å²) in [4.78, 5) is 12.6. The molecule has 0 aliphatic rings. The number of ether oxygens (including phenoxy) is 1. The van der Waals surface area contributed by atoms with E-state index >= 15 is 0 Å². The zero-order chi connectivity index (χ0) is 11.6. The molecular formula is C10H16N2O2S. The summed E-state index contributed by atoms with van der Waals surface area (Å²) in [6, 6.07) is 0. The number of thiazole rings is 1. The lowest BCUT2D eigenvalue weighted by molar-refractivity contribution is 0.0529. The van der Waals surface area contributed by atoms with Crippen LogP contribution in [0, 0.1) is 5.41 Å². The highest BCUT2D eigenvalue weighted by molar-refractivity contribution is 7.11. The van der Waals surface area contributed by atoms with Crippen molar-refractivity contribution in [3.8, 4) is 0 Å². The molecular weight excluding hydrogens is 212 g/mol. The van der Waals surface area contributed by atoms with Crippen molar-refractivity contribution in [1.29, 1.82) is 5.41 Å². The maximum atomic E-state index is 11.6. The first-order chi connectivity index (χ1) is 6.99. The molecule has 0 aliphatic carbocycles. The van der Waals surface area contributed by atoms with Crippen LogP contribution in [0.25, 0.3) is 0 Å². The number of hydrogen-bond acceptors (Lipinski definition) is 4. The second-order valence-corrected chi connectivity index (χ2v) is 4.55. The average Bonchev–Trinajstić information content (AvgIpc) is 2.44. The van der Waals surface area contributed by atoms with E-state index in [0.717, 1.165) is 5.69 Å². The van der Waals surface area contributed by atoms with Crippen LogP contribution in [0.2, 0.25) is 0 Å². The molecule has 15 heavy (non-hydrogen) atoms. The normalized spacial score (nSPS) is 10.7. The van der Waals surface area contributed by atoms with Crippen LogP contribution in [0.3, 0.4) is 0 Å². The van der Waals surface area contributed by atoms with Gasteiger partial charge in [0.1, 0.15) is 4.88 Å². The lowest BCUT2D eigenvalue weighted by Gasteiger charge is -2.08. The largest absolute Gasteiger partial charge is 0.462 e. The molecule has 0 amide bonds. The van der Waals surface area contributed by atoms with E-state index in [2.05, 4.69) is 0 Å². The van der Waals surface area contributed by atoms with Crippen molar-refractivity contribution in [2.75, 3.05) is 6.61 Å². The van der Waals surface area contributed by atoms with Crippen LogP contribution in [-0.2, 0) is 11.8 Å². The van der Waals surface area contributed by atoms with Crippen molar-refractivity contribution < 1.29 is 9.53 Å². The number of aromatic nitrogens is 1. The minimum atomic E-state index is -0.319. The summed E-state index contributed by atoms with van der Waals surface area (Å²) in [6.45, 7) is 6.15. The summed E-state index contributed by atoms with van der Waals surface area (Å²) in [6.07, 6.45) is 0. The molecule has 0 saturated heterocycles. The van der Waals surface area contributed by atoms with Crippen molar-refractivity contribution in [2.45, 2.75) is 26.7 Å². The van der Waals surface area contributed by atoms with Gasteiger partial charge in [0.2, 0.25) is 0 Å². The molecule has 1 N–H and O–H groups in total. The van der Waals surface area contributed by atoms with Gasteiger partial charge >= 0.3 is 5.97 Å². The Hall–Kier alpha value is -1.10. The molecule has 0 unspecified atom stereocenters. The van der Waals surface area contributed by atoms with Gasteiger partial charge in [0.15, 0.2) is 4.80 Å². The third-order valence-electron chi connectivity index (χ3n) is 2.11. The number of rotatable bonds is 3. The molecule has 1 aromatic rings. The Labute approximate surface area is 93.0 Å². The fourth-order valence-electron chi connectivity index (χ4n) is 1.47. The van der Waals surface area contributed by atoms with Crippen LogP contribution in [0.5, 0.6) is 0 Å². The average molecular weight is 228 g/mol. The number of carbonyl (C=O) groups is 1. The predicted octanol–water partition coefficient (Wildman–Crippen LogP) is 1.87. The molecule has 1 rings (SSSR count). The molecule has 0 atom stereocenters. The van der Waals surface area contributed by atoms with Gasteiger partial charge in [-0.25, -0.2) is 4.79 Å². The Bertz CT molecular complexity index is 418. The SMILES string of the molecule is CCOC(=O)c1sc(=N)n(C)c1C(C)C. The third-order valence-corrected chi connectivity index (χ3v) is 3.15. The van der Waals surface area contributed by atoms with E-state index < -0.39 is 0 Å². The number of carbonyl (C=O) groups excluding carboxylic acids is 1. The van der Waals surface area contributed by atoms with E-state index in [4.69, 9.17) is 10.1 Å². The van der Waals surface area contributed by atoms with Gasteiger partial charge < -0.3 is 9.30 Å². The number of esters is 1. The maximum absolute atomic E-state index is 11.6. The zero-order valence-corrected chi connectivity index (χ0v) is 10.3. The lowest BCUT2D eigenvalue weighted by Crippen LogP contribution is -2.13. The van der Waals surface area contributed by atoms with Gasteiger partial charge in [-0.3, -0.25) is 5.41 Å². The Balaban J connectivity index is 3.23. The van der Waals surface area contributed by atoms with E-state index in [1.165, 1.54) is 11.3 Å². The lowest BCUT2D eigenvalue weighted by atomic mass is 10.1. The molecule has 0 saturated carbocycles. The summed E-state index contributed by atoms with van der Waals surface area (Å²) in [5, 5.41) is 7.67. The van der Waals surface area contributed by atoms with Crippen molar-refractivity contribution in [3.63, 3.8) is 0 Å². The van der Waals surface area contributed by atoms with Gasteiger partial charge in [0, 0.05) is 12.7 Å². The fraction of sp³-hybridized carbons (Fsp3) is 0.600. The van der Waals surface area contributed by atoms with Crippen LogP contribution in [0.15, 0.2) is 0 Å². The molecule has 1 aromatic heterocycles. The van der Waals surface area contributed by atoms with Gasteiger partial charge in [-0.15, -0.1) is 0 Å². The first-order valence-electron chi connectivity index (χ1n) is 4.90. The van der Waals surface area contributed by atoms with E-state index in [1.807, 2.05) is 13.8 Å². The second kappa shape index (κ2) is 4.61. The van der Waals surface area contributed by atoms with Crippen LogP contribution in [0.4, 0.5) is 0 Å². The number of hydrogen-bond donors (Lipinski definition) is 1. The summed E-state index contributed by atoms with van der Waals surface area (Å²) in [5.74, 6) is -0.106. The molecule has 4 nitrogen and oxygen atoms in total. The number of nitrogens with zero attached hydrogens (tertiary/aromatic N) is 1. The zero-order valence-electron chi connectivity index (χ0n) is 9.46. The maximum Gasteiger partial charge on any atom is 0.350 e. The Morgan fingerprint density at radius 1 is 1.60 bits per heavy atom. The molecule has 0 radical (unpaired) electrons. The molecule has 1 heterocycles. The van der Waals surface area contributed by atoms with Crippen LogP contribution in [-0.4, -0.2) is 17.1 Å². The summed E-state index contributed by atoms with van der Waals surface area (Å²) >= 11 is 1.17. The number of nitrogens with one attached hydrogen (secondary N) is 1. The standard InChI is InChI=1S/C10H16N2O2S/c1-5-14-9(13)8-7(6(2)3)12(4)10(11)15-8/h6,11H,5H2,1-4H3. The molecule has 0 aliphatic heterocycles. The van der Waals surface area contributed by atoms with Gasteiger partial charge in [-0.2, -0.15) is 0 Å². The monoisotopic (exact) mass is 228 g/mol. The first-order valence-corrected chi connectivity index (χ1v) is 5.72. The Kier molecular flexibility index (Phi) is 3.68. The van der Waals surface area contributed by atoms with Gasteiger partial charge in [-0.1, -0.05) is 25.2 Å². The molecule has 0 aromatic carbocycles. The molecule has 0 fully saturated rings. The fourth-order valence-corrected chi connectivity index (χ4v) is 2.52. The van der Waals surface area contributed by atoms with Crippen molar-refractivity contribution in [1.82, 2.24) is 4.57 Å². The Morgan fingerprint density at radius 2 is 2.20 bits per heavy atom. The highest BCUT2D eigenvalue weighted by Gasteiger charge is 2.20. The second-order valence-electron chi connectivity index (χ2n) is 3.56. The molecule has 5 heteroatoms. The first kappa shape index (κ1) is 12.0. The summed E-state index contributed by atoms with van der Waals surface area (Å²) in [5.41, 5.74) is 0.878. The van der Waals surface area contributed by atoms with E-state index in [-0.39, 0.29) is 11.9 Å². The van der Waals surface area contributed by atoms with Crippen LogP contribution < -0.4 is 4.80 Å². The summed E-state index contributed by atoms with van der Waals surface area (Å²) < 4.78 is 6.70. The quantitative estimate of drug-likeness (QED) is 0.803. The smallest absolute Gasteiger partial charge is 0.350 e. The van der Waals surface area contributed by atoms with Gasteiger partial charge in [-0.05, 0) is 12.8 Å². The highest BCUT2D eigenvalue weighted by Crippen LogP contribution is 2.21. The minimum absolute atomic E-state index is 0.213. The molecule has 0 spiro atoms. The van der Waals surface area contributed by atoms with E-state index in [1.54, 1.807) is 18.5 Å². The van der Waals surface area contributed by atoms with Gasteiger partial charge in [0.05, 0.1) is 6.61 Å². The van der Waals surface area contributed by atoms with E-state index in [9.17, 15) is 4.79 Å². The molecule has 0 bridgehead atoms. The Morgan fingerprint density at radius 3 is 2.67 bits per heavy atom. The topological polar surface area (TPSA) is 55.1 Å². The summed E-state index contributed by atoms with van der Waals surface area (Å²) in [7, 11) is 1.80.